The van der Waals surface area contributed by atoms with Crippen LogP contribution < -0.4 is 0 Å². The van der Waals surface area contributed by atoms with Crippen molar-refractivity contribution in [2.75, 3.05) is 0 Å². The fraction of sp³-hybridized carbons (Fsp3) is 0.409. The number of carbonyl (C=O) groups is 1. The third-order valence-corrected chi connectivity index (χ3v) is 7.41. The number of esters is 1. The topological polar surface area (TPSA) is 80.7 Å². The molecule has 2 aromatic rings. The van der Waals surface area contributed by atoms with E-state index < -0.39 is 51.4 Å². The molecule has 33 heavy (non-hydrogen) atoms. The smallest absolute Gasteiger partial charge is 0.432 e. The molecule has 0 heterocycles. The summed E-state index contributed by atoms with van der Waals surface area (Å²) in [5.41, 5.74) is 3.15. The molecule has 3 aliphatic rings. The molecule has 2 aromatic carbocycles. The monoisotopic (exact) mass is 490 g/mol. The predicted molar refractivity (Wildman–Crippen MR) is 106 cm³/mol. The normalized spacial score (nSPS) is 25.2. The highest BCUT2D eigenvalue weighted by Crippen LogP contribution is 2.59. The third kappa shape index (κ3) is 3.61. The maximum absolute atomic E-state index is 14.0. The van der Waals surface area contributed by atoms with Crippen molar-refractivity contribution >= 4 is 16.1 Å². The molecular formula is C22H19F5O5S. The fourth-order valence-electron chi connectivity index (χ4n) is 5.25. The first-order valence-electron chi connectivity index (χ1n) is 10.1. The van der Waals surface area contributed by atoms with Crippen molar-refractivity contribution in [3.8, 4) is 0 Å². The Hall–Kier alpha value is -2.53. The first kappa shape index (κ1) is 23.6. The van der Waals surface area contributed by atoms with Crippen molar-refractivity contribution in [2.24, 2.45) is 11.8 Å². The number of hydrogen-bond acceptors (Lipinski definition) is 4. The van der Waals surface area contributed by atoms with Gasteiger partial charge in [-0.25, -0.2) is 0 Å². The van der Waals surface area contributed by atoms with Crippen LogP contribution in [0, 0.1) is 11.8 Å². The summed E-state index contributed by atoms with van der Waals surface area (Å²) in [4.78, 5) is 13.1. The van der Waals surface area contributed by atoms with E-state index in [0.29, 0.717) is 17.5 Å². The van der Waals surface area contributed by atoms with Gasteiger partial charge in [0.05, 0.1) is 5.92 Å². The minimum atomic E-state index is -6.52. The molecule has 11 heteroatoms. The van der Waals surface area contributed by atoms with Gasteiger partial charge in [0, 0.05) is 11.8 Å². The van der Waals surface area contributed by atoms with E-state index in [0.717, 1.165) is 11.1 Å². The second kappa shape index (κ2) is 7.76. The molecule has 3 atom stereocenters. The van der Waals surface area contributed by atoms with E-state index in [1.54, 1.807) is 43.3 Å². The molecule has 1 N–H and O–H groups in total. The molecule has 0 radical (unpaired) electrons. The molecule has 3 aliphatic carbocycles. The lowest BCUT2D eigenvalue weighted by Crippen LogP contribution is -2.54. The summed E-state index contributed by atoms with van der Waals surface area (Å²) in [5, 5.41) is -5.77. The number of ether oxygens (including phenoxy) is 1. The zero-order valence-electron chi connectivity index (χ0n) is 17.1. The molecule has 178 valence electrons. The fourth-order valence-corrected chi connectivity index (χ4v) is 5.70. The number of benzene rings is 2. The van der Waals surface area contributed by atoms with Crippen LogP contribution in [0.25, 0.3) is 0 Å². The van der Waals surface area contributed by atoms with Crippen molar-refractivity contribution in [3.05, 3.63) is 70.8 Å². The van der Waals surface area contributed by atoms with Crippen LogP contribution in [0.2, 0.25) is 0 Å². The molecule has 0 amide bonds. The van der Waals surface area contributed by atoms with Crippen LogP contribution in [0.15, 0.2) is 48.5 Å². The number of halogens is 5. The summed E-state index contributed by atoms with van der Waals surface area (Å²) >= 11 is 0. The molecule has 5 rings (SSSR count). The first-order chi connectivity index (χ1) is 15.3. The van der Waals surface area contributed by atoms with E-state index >= 15 is 0 Å². The number of rotatable bonds is 5. The summed E-state index contributed by atoms with van der Waals surface area (Å²) < 4.78 is 103. The van der Waals surface area contributed by atoms with Gasteiger partial charge in [0.2, 0.25) is 0 Å². The average Bonchev–Trinajstić information content (AvgIpc) is 2.74. The Bertz CT molecular complexity index is 1150. The Morgan fingerprint density at radius 3 is 1.73 bits per heavy atom. The largest absolute Gasteiger partial charge is 0.444 e. The van der Waals surface area contributed by atoms with Crippen LogP contribution in [-0.4, -0.2) is 36.5 Å². The summed E-state index contributed by atoms with van der Waals surface area (Å²) in [6, 6.07) is 14.2. The van der Waals surface area contributed by atoms with Gasteiger partial charge in [-0.2, -0.15) is 30.4 Å². The van der Waals surface area contributed by atoms with E-state index in [9.17, 15) is 35.2 Å². The molecule has 5 nitrogen and oxygen atoms in total. The maximum atomic E-state index is 14.0. The highest BCUT2D eigenvalue weighted by Gasteiger charge is 2.67. The van der Waals surface area contributed by atoms with Gasteiger partial charge in [-0.15, -0.1) is 0 Å². The van der Waals surface area contributed by atoms with Crippen molar-refractivity contribution in [2.45, 2.75) is 42.7 Å². The van der Waals surface area contributed by atoms with Gasteiger partial charge in [0.15, 0.2) is 0 Å². The number of fused-ring (bicyclic) bond motifs is 1. The zero-order chi connectivity index (χ0) is 24.3. The summed E-state index contributed by atoms with van der Waals surface area (Å²) in [6.07, 6.45) is -9.97. The van der Waals surface area contributed by atoms with Crippen LogP contribution in [0.3, 0.4) is 0 Å². The van der Waals surface area contributed by atoms with Crippen LogP contribution in [0.1, 0.15) is 47.4 Å². The van der Waals surface area contributed by atoms with Crippen molar-refractivity contribution < 1.29 is 44.5 Å². The highest BCUT2D eigenvalue weighted by molar-refractivity contribution is 7.86. The van der Waals surface area contributed by atoms with Crippen LogP contribution in [0.4, 0.5) is 22.0 Å². The van der Waals surface area contributed by atoms with E-state index in [1.807, 2.05) is 12.1 Å². The van der Waals surface area contributed by atoms with Crippen LogP contribution >= 0.6 is 0 Å². The molecular weight excluding hydrogens is 471 g/mol. The lowest BCUT2D eigenvalue weighted by Gasteiger charge is -2.49. The third-order valence-electron chi connectivity index (χ3n) is 6.50. The Morgan fingerprint density at radius 1 is 0.939 bits per heavy atom. The minimum Gasteiger partial charge on any atom is -0.444 e. The predicted octanol–water partition coefficient (Wildman–Crippen LogP) is 4.87. The SMILES string of the molecule is CCC1C2c3ccccc3C(c3ccccc32)C1C(=O)OC(C(F)(F)F)C(F)(F)S(=O)(=O)O. The van der Waals surface area contributed by atoms with Crippen molar-refractivity contribution in [1.29, 1.82) is 0 Å². The standard InChI is InChI=1S/C22H19F5O5S/c1-2-11-16-12-7-3-5-9-14(12)17(15-10-6-4-8-13(15)16)18(11)19(28)32-20(21(23,24)25)22(26,27)33(29,30)31/h3-11,16-18,20H,2H2,1H3,(H,29,30,31). The lowest BCUT2D eigenvalue weighted by molar-refractivity contribution is -0.261. The molecule has 0 spiro atoms. The van der Waals surface area contributed by atoms with Crippen LogP contribution in [0.5, 0.6) is 0 Å². The number of alkyl halides is 5. The van der Waals surface area contributed by atoms with E-state index in [-0.39, 0.29) is 5.92 Å². The van der Waals surface area contributed by atoms with E-state index in [1.165, 1.54) is 0 Å². The van der Waals surface area contributed by atoms with Gasteiger partial charge < -0.3 is 4.74 Å². The zero-order valence-corrected chi connectivity index (χ0v) is 17.9. The Kier molecular flexibility index (Phi) is 5.56. The van der Waals surface area contributed by atoms with Gasteiger partial charge in [-0.05, 0) is 28.2 Å². The first-order valence-corrected chi connectivity index (χ1v) is 11.5. The molecule has 0 fully saturated rings. The second-order valence-corrected chi connectivity index (χ2v) is 9.70. The van der Waals surface area contributed by atoms with E-state index in [4.69, 9.17) is 4.55 Å². The summed E-state index contributed by atoms with van der Waals surface area (Å²) in [6.45, 7) is 1.73. The molecule has 2 bridgehead atoms. The Morgan fingerprint density at radius 2 is 1.36 bits per heavy atom. The summed E-state index contributed by atoms with van der Waals surface area (Å²) in [5.74, 6) is -4.55. The van der Waals surface area contributed by atoms with Gasteiger partial charge in [0.1, 0.15) is 0 Å². The number of hydrogen-bond donors (Lipinski definition) is 1. The van der Waals surface area contributed by atoms with Gasteiger partial charge in [-0.1, -0.05) is 61.9 Å². The second-order valence-electron chi connectivity index (χ2n) is 8.21. The number of carbonyl (C=O) groups excluding carboxylic acids is 1. The van der Waals surface area contributed by atoms with Gasteiger partial charge >= 0.3 is 27.5 Å². The van der Waals surface area contributed by atoms with Gasteiger partial charge in [0.25, 0.3) is 6.10 Å². The average molecular weight is 490 g/mol. The molecule has 0 saturated carbocycles. The molecule has 0 aliphatic heterocycles. The van der Waals surface area contributed by atoms with Crippen LogP contribution in [-0.2, 0) is 19.6 Å². The Balaban J connectivity index is 1.81. The van der Waals surface area contributed by atoms with E-state index in [2.05, 4.69) is 4.74 Å². The van der Waals surface area contributed by atoms with Crippen molar-refractivity contribution in [1.82, 2.24) is 0 Å². The maximum Gasteiger partial charge on any atom is 0.432 e. The van der Waals surface area contributed by atoms with Gasteiger partial charge in [-0.3, -0.25) is 9.35 Å². The van der Waals surface area contributed by atoms with Crippen molar-refractivity contribution in [3.63, 3.8) is 0 Å². The lowest BCUT2D eigenvalue weighted by atomic mass is 9.53. The molecule has 0 aromatic heterocycles. The minimum absolute atomic E-state index is 0.328. The molecule has 3 unspecified atom stereocenters. The highest BCUT2D eigenvalue weighted by atomic mass is 32.2. The quantitative estimate of drug-likeness (QED) is 0.367. The summed E-state index contributed by atoms with van der Waals surface area (Å²) in [7, 11) is -6.52. The Labute approximate surface area is 186 Å². The molecule has 0 saturated heterocycles.